The van der Waals surface area contributed by atoms with E-state index in [1.807, 2.05) is 0 Å². The van der Waals surface area contributed by atoms with Gasteiger partial charge in [-0.05, 0) is 43.7 Å². The van der Waals surface area contributed by atoms with Crippen LogP contribution >= 0.6 is 0 Å². The number of nitrogens with one attached hydrogen (secondary N) is 1. The molecule has 1 aromatic rings. The molecular weight excluding hydrogens is 238 g/mol. The number of rotatable bonds is 3. The second-order valence-corrected chi connectivity index (χ2v) is 5.24. The minimum Gasteiger partial charge on any atom is -0.334 e. The molecular formula is C15H19N3O. The second-order valence-electron chi connectivity index (χ2n) is 5.24. The fourth-order valence-corrected chi connectivity index (χ4v) is 2.64. The molecule has 0 spiro atoms. The molecule has 1 fully saturated rings. The van der Waals surface area contributed by atoms with Crippen molar-refractivity contribution in [3.8, 4) is 6.07 Å². The molecule has 19 heavy (non-hydrogen) atoms. The van der Waals surface area contributed by atoms with Gasteiger partial charge in [-0.2, -0.15) is 5.26 Å². The van der Waals surface area contributed by atoms with E-state index in [1.165, 1.54) is 0 Å². The highest BCUT2D eigenvalue weighted by Gasteiger charge is 2.36. The van der Waals surface area contributed by atoms with Crippen LogP contribution < -0.4 is 5.32 Å². The number of carbonyl (C=O) groups excluding carboxylic acids is 1. The van der Waals surface area contributed by atoms with Crippen molar-refractivity contribution in [2.24, 2.45) is 5.92 Å². The van der Waals surface area contributed by atoms with E-state index in [2.05, 4.69) is 23.3 Å². The van der Waals surface area contributed by atoms with Gasteiger partial charge in [0.2, 0.25) is 0 Å². The smallest absolute Gasteiger partial charge is 0.252 e. The second kappa shape index (κ2) is 5.83. The van der Waals surface area contributed by atoms with Crippen LogP contribution in [0.3, 0.4) is 0 Å². The van der Waals surface area contributed by atoms with Gasteiger partial charge >= 0.3 is 0 Å². The van der Waals surface area contributed by atoms with Crippen LogP contribution in [0, 0.1) is 17.2 Å². The van der Waals surface area contributed by atoms with E-state index < -0.39 is 5.54 Å². The first-order chi connectivity index (χ1) is 9.19. The molecule has 4 heteroatoms. The lowest BCUT2D eigenvalue weighted by Gasteiger charge is -2.35. The Kier molecular flexibility index (Phi) is 4.16. The number of carbonyl (C=O) groups is 1. The predicted octanol–water partition coefficient (Wildman–Crippen LogP) is 2.67. The summed E-state index contributed by atoms with van der Waals surface area (Å²) in [5.74, 6) is 0.512. The standard InChI is InChI=1S/C15H19N3O/c1-2-12-3-7-15(11-16,8-4-12)18-14(19)13-5-9-17-10-6-13/h5-6,9-10,12H,2-4,7-8H2,1H3,(H,18,19). The van der Waals surface area contributed by atoms with Gasteiger partial charge in [0.1, 0.15) is 5.54 Å². The van der Waals surface area contributed by atoms with Crippen LogP contribution in [0.2, 0.25) is 0 Å². The molecule has 1 aromatic heterocycles. The van der Waals surface area contributed by atoms with Crippen molar-refractivity contribution >= 4 is 5.91 Å². The van der Waals surface area contributed by atoms with E-state index in [-0.39, 0.29) is 5.91 Å². The summed E-state index contributed by atoms with van der Waals surface area (Å²) in [6, 6.07) is 5.64. The normalized spacial score (nSPS) is 26.4. The van der Waals surface area contributed by atoms with Gasteiger partial charge in [0.05, 0.1) is 6.07 Å². The number of nitriles is 1. The molecule has 100 valence electrons. The molecule has 1 saturated carbocycles. The quantitative estimate of drug-likeness (QED) is 0.905. The van der Waals surface area contributed by atoms with Crippen molar-refractivity contribution < 1.29 is 4.79 Å². The molecule has 0 aromatic carbocycles. The third-order valence-electron chi connectivity index (χ3n) is 4.05. The lowest BCUT2D eigenvalue weighted by molar-refractivity contribution is 0.0891. The zero-order valence-corrected chi connectivity index (χ0v) is 11.2. The highest BCUT2D eigenvalue weighted by Crippen LogP contribution is 2.33. The number of hydrogen-bond donors (Lipinski definition) is 1. The summed E-state index contributed by atoms with van der Waals surface area (Å²) < 4.78 is 0. The van der Waals surface area contributed by atoms with Gasteiger partial charge < -0.3 is 5.32 Å². The maximum atomic E-state index is 12.1. The summed E-state index contributed by atoms with van der Waals surface area (Å²) in [6.07, 6.45) is 7.85. The summed E-state index contributed by atoms with van der Waals surface area (Å²) >= 11 is 0. The van der Waals surface area contributed by atoms with Crippen molar-refractivity contribution in [1.29, 1.82) is 5.26 Å². The van der Waals surface area contributed by atoms with Gasteiger partial charge in [0.25, 0.3) is 5.91 Å². The van der Waals surface area contributed by atoms with Gasteiger partial charge in [0.15, 0.2) is 0 Å². The zero-order valence-electron chi connectivity index (χ0n) is 11.2. The van der Waals surface area contributed by atoms with E-state index >= 15 is 0 Å². The summed E-state index contributed by atoms with van der Waals surface area (Å²) in [4.78, 5) is 16.0. The average molecular weight is 257 g/mol. The van der Waals surface area contributed by atoms with Gasteiger partial charge in [-0.3, -0.25) is 9.78 Å². The summed E-state index contributed by atoms with van der Waals surface area (Å²) in [7, 11) is 0. The maximum Gasteiger partial charge on any atom is 0.252 e. The molecule has 1 aliphatic rings. The Balaban J connectivity index is 2.04. The highest BCUT2D eigenvalue weighted by atomic mass is 16.1. The van der Waals surface area contributed by atoms with Crippen molar-refractivity contribution in [1.82, 2.24) is 10.3 Å². The Morgan fingerprint density at radius 1 is 1.47 bits per heavy atom. The SMILES string of the molecule is CCC1CCC(C#N)(NC(=O)c2ccncc2)CC1. The third kappa shape index (κ3) is 3.11. The third-order valence-corrected chi connectivity index (χ3v) is 4.05. The topological polar surface area (TPSA) is 65.8 Å². The van der Waals surface area contributed by atoms with Gasteiger partial charge in [0, 0.05) is 18.0 Å². The minimum atomic E-state index is -0.688. The van der Waals surface area contributed by atoms with Crippen LogP contribution in [0.1, 0.15) is 49.4 Å². The largest absolute Gasteiger partial charge is 0.334 e. The van der Waals surface area contributed by atoms with Crippen molar-refractivity contribution in [2.45, 2.75) is 44.6 Å². The zero-order chi connectivity index (χ0) is 13.7. The van der Waals surface area contributed by atoms with Crippen LogP contribution in [0.15, 0.2) is 24.5 Å². The first-order valence-corrected chi connectivity index (χ1v) is 6.83. The van der Waals surface area contributed by atoms with Crippen LogP contribution in [-0.4, -0.2) is 16.4 Å². The number of pyridine rings is 1. The molecule has 1 heterocycles. The molecule has 1 aliphatic carbocycles. The molecule has 2 rings (SSSR count). The molecule has 4 nitrogen and oxygen atoms in total. The fraction of sp³-hybridized carbons (Fsp3) is 0.533. The molecule has 0 atom stereocenters. The van der Waals surface area contributed by atoms with Crippen LogP contribution in [0.4, 0.5) is 0 Å². The van der Waals surface area contributed by atoms with Crippen LogP contribution in [0.25, 0.3) is 0 Å². The minimum absolute atomic E-state index is 0.182. The van der Waals surface area contributed by atoms with Crippen LogP contribution in [-0.2, 0) is 0 Å². The predicted molar refractivity (Wildman–Crippen MR) is 72.3 cm³/mol. The molecule has 1 N–H and O–H groups in total. The molecule has 0 saturated heterocycles. The molecule has 0 unspecified atom stereocenters. The van der Waals surface area contributed by atoms with Crippen LogP contribution in [0.5, 0.6) is 0 Å². The van der Waals surface area contributed by atoms with Crippen molar-refractivity contribution in [3.63, 3.8) is 0 Å². The Morgan fingerprint density at radius 3 is 2.63 bits per heavy atom. The number of nitrogens with zero attached hydrogens (tertiary/aromatic N) is 2. The maximum absolute atomic E-state index is 12.1. The average Bonchev–Trinajstić information content (AvgIpc) is 2.49. The number of amides is 1. The highest BCUT2D eigenvalue weighted by molar-refractivity contribution is 5.94. The van der Waals surface area contributed by atoms with E-state index in [0.29, 0.717) is 11.5 Å². The summed E-state index contributed by atoms with van der Waals surface area (Å²) in [5.41, 5.74) is -0.131. The lowest BCUT2D eigenvalue weighted by Crippen LogP contribution is -2.49. The molecule has 0 aliphatic heterocycles. The number of hydrogen-bond acceptors (Lipinski definition) is 3. The van der Waals surface area contributed by atoms with Crippen molar-refractivity contribution in [3.05, 3.63) is 30.1 Å². The number of aromatic nitrogens is 1. The van der Waals surface area contributed by atoms with E-state index in [0.717, 1.165) is 32.1 Å². The Labute approximate surface area is 113 Å². The first kappa shape index (κ1) is 13.5. The summed E-state index contributed by atoms with van der Waals surface area (Å²) in [6.45, 7) is 2.18. The monoisotopic (exact) mass is 257 g/mol. The summed E-state index contributed by atoms with van der Waals surface area (Å²) in [5, 5.41) is 12.3. The lowest BCUT2D eigenvalue weighted by atomic mass is 9.76. The van der Waals surface area contributed by atoms with Crippen molar-refractivity contribution in [2.75, 3.05) is 0 Å². The Bertz CT molecular complexity index is 470. The molecule has 1 amide bonds. The Morgan fingerprint density at radius 2 is 2.11 bits per heavy atom. The first-order valence-electron chi connectivity index (χ1n) is 6.83. The Hall–Kier alpha value is -1.89. The fourth-order valence-electron chi connectivity index (χ4n) is 2.64. The van der Waals surface area contributed by atoms with E-state index in [1.54, 1.807) is 24.5 Å². The molecule has 0 bridgehead atoms. The van der Waals surface area contributed by atoms with Gasteiger partial charge in [-0.1, -0.05) is 13.3 Å². The van der Waals surface area contributed by atoms with E-state index in [9.17, 15) is 10.1 Å². The van der Waals surface area contributed by atoms with Gasteiger partial charge in [-0.15, -0.1) is 0 Å². The molecule has 0 radical (unpaired) electrons. The van der Waals surface area contributed by atoms with E-state index in [4.69, 9.17) is 0 Å². The van der Waals surface area contributed by atoms with Gasteiger partial charge in [-0.25, -0.2) is 0 Å².